The van der Waals surface area contributed by atoms with Crippen LogP contribution >= 0.6 is 0 Å². The lowest BCUT2D eigenvalue weighted by molar-refractivity contribution is 0.0628. The Kier molecular flexibility index (Phi) is 6.64. The molecule has 6 rings (SSSR count). The summed E-state index contributed by atoms with van der Waals surface area (Å²) in [7, 11) is 1.58. The number of aromatic nitrogens is 4. The minimum atomic E-state index is -0.00371. The number of benzene rings is 2. The maximum absolute atomic E-state index is 13.3. The van der Waals surface area contributed by atoms with Gasteiger partial charge in [-0.25, -0.2) is 9.97 Å². The maximum atomic E-state index is 13.3. The number of pyridine rings is 2. The van der Waals surface area contributed by atoms with Crippen molar-refractivity contribution >= 4 is 16.9 Å². The molecule has 5 aromatic rings. The molecule has 4 heterocycles. The van der Waals surface area contributed by atoms with Gasteiger partial charge in [-0.1, -0.05) is 12.1 Å². The van der Waals surface area contributed by atoms with E-state index in [2.05, 4.69) is 25.9 Å². The van der Waals surface area contributed by atoms with Crippen molar-refractivity contribution in [3.63, 3.8) is 0 Å². The van der Waals surface area contributed by atoms with Crippen molar-refractivity contribution in [1.82, 2.24) is 29.7 Å². The van der Waals surface area contributed by atoms with E-state index >= 15 is 0 Å². The predicted octanol–water partition coefficient (Wildman–Crippen LogP) is 4.36. The van der Waals surface area contributed by atoms with Crippen LogP contribution in [0.3, 0.4) is 0 Å². The van der Waals surface area contributed by atoms with Gasteiger partial charge in [-0.3, -0.25) is 14.7 Å². The molecule has 0 atom stereocenters. The van der Waals surface area contributed by atoms with E-state index in [1.165, 1.54) is 5.56 Å². The number of amides is 1. The average Bonchev–Trinajstić information content (AvgIpc) is 3.41. The fraction of sp³-hybridized carbons (Fsp3) is 0.200. The van der Waals surface area contributed by atoms with E-state index in [1.807, 2.05) is 59.6 Å². The van der Waals surface area contributed by atoms with Crippen molar-refractivity contribution in [3.05, 3.63) is 90.4 Å². The third-order valence-corrected chi connectivity index (χ3v) is 7.05. The van der Waals surface area contributed by atoms with Gasteiger partial charge < -0.3 is 19.7 Å². The molecule has 0 radical (unpaired) electrons. The number of fused-ring (bicyclic) bond motifs is 1. The minimum Gasteiger partial charge on any atom is -0.507 e. The zero-order valence-electron chi connectivity index (χ0n) is 21.5. The number of phenols is 1. The van der Waals surface area contributed by atoms with E-state index in [-0.39, 0.29) is 11.7 Å². The van der Waals surface area contributed by atoms with Crippen LogP contribution in [-0.4, -0.2) is 74.0 Å². The van der Waals surface area contributed by atoms with Crippen molar-refractivity contribution < 1.29 is 14.6 Å². The van der Waals surface area contributed by atoms with Crippen LogP contribution in [0.4, 0.5) is 0 Å². The number of H-pyrrole nitrogens is 1. The number of hydrogen-bond acceptors (Lipinski definition) is 7. The van der Waals surface area contributed by atoms with Crippen molar-refractivity contribution in [2.75, 3.05) is 33.3 Å². The van der Waals surface area contributed by atoms with Gasteiger partial charge >= 0.3 is 0 Å². The first-order chi connectivity index (χ1) is 19.1. The summed E-state index contributed by atoms with van der Waals surface area (Å²) in [4.78, 5) is 34.0. The summed E-state index contributed by atoms with van der Waals surface area (Å²) >= 11 is 0. The third-order valence-electron chi connectivity index (χ3n) is 7.05. The summed E-state index contributed by atoms with van der Waals surface area (Å²) in [6.07, 6.45) is 5.33. The van der Waals surface area contributed by atoms with Crippen LogP contribution in [-0.2, 0) is 6.54 Å². The Balaban J connectivity index is 1.20. The maximum Gasteiger partial charge on any atom is 0.254 e. The number of ether oxygens (including phenoxy) is 1. The standard InChI is InChI=1S/C30H28N6O3/c1-39-29-23(5-3-11-32-29)21-7-9-27(37)24(16-21)28-33-25-8-6-22(17-26(25)34-28)30(38)36-14-12-35(13-15-36)19-20-4-2-10-31-18-20/h2-11,16-18,37H,12-15,19H2,1H3,(H,33,34). The Hall–Kier alpha value is -4.76. The molecule has 0 saturated carbocycles. The highest BCUT2D eigenvalue weighted by Gasteiger charge is 2.23. The van der Waals surface area contributed by atoms with Crippen molar-refractivity contribution in [3.8, 4) is 34.1 Å². The number of piperazine rings is 1. The summed E-state index contributed by atoms with van der Waals surface area (Å²) in [5, 5.41) is 10.6. The lowest BCUT2D eigenvalue weighted by Crippen LogP contribution is -2.48. The predicted molar refractivity (Wildman–Crippen MR) is 148 cm³/mol. The molecule has 0 aliphatic carbocycles. The molecule has 0 bridgehead atoms. The molecule has 2 aromatic carbocycles. The number of nitrogens with zero attached hydrogens (tertiary/aromatic N) is 5. The average molecular weight is 521 g/mol. The van der Waals surface area contributed by atoms with E-state index < -0.39 is 0 Å². The van der Waals surface area contributed by atoms with E-state index in [0.717, 1.165) is 36.3 Å². The van der Waals surface area contributed by atoms with Crippen molar-refractivity contribution in [2.45, 2.75) is 6.54 Å². The zero-order chi connectivity index (χ0) is 26.8. The number of nitrogens with one attached hydrogen (secondary N) is 1. The zero-order valence-corrected chi connectivity index (χ0v) is 21.5. The second-order valence-corrected chi connectivity index (χ2v) is 9.54. The number of hydrogen-bond donors (Lipinski definition) is 2. The highest BCUT2D eigenvalue weighted by molar-refractivity contribution is 5.98. The number of carbonyl (C=O) groups is 1. The first kappa shape index (κ1) is 24.6. The number of phenolic OH excluding ortho intramolecular Hbond substituents is 1. The molecule has 2 N–H and O–H groups in total. The summed E-state index contributed by atoms with van der Waals surface area (Å²) in [5.41, 5.74) is 5.42. The first-order valence-electron chi connectivity index (χ1n) is 12.8. The van der Waals surface area contributed by atoms with Gasteiger partial charge in [0.05, 0.1) is 23.7 Å². The normalized spacial score (nSPS) is 14.0. The molecule has 9 nitrogen and oxygen atoms in total. The first-order valence-corrected chi connectivity index (χ1v) is 12.8. The summed E-state index contributed by atoms with van der Waals surface area (Å²) in [5.74, 6) is 1.11. The Morgan fingerprint density at radius 3 is 2.64 bits per heavy atom. The van der Waals surface area contributed by atoms with Gasteiger partial charge in [0.2, 0.25) is 5.88 Å². The van der Waals surface area contributed by atoms with Crippen molar-refractivity contribution in [1.29, 1.82) is 0 Å². The molecule has 3 aromatic heterocycles. The van der Waals surface area contributed by atoms with E-state index in [9.17, 15) is 9.90 Å². The summed E-state index contributed by atoms with van der Waals surface area (Å²) < 4.78 is 5.40. The van der Waals surface area contributed by atoms with Crippen LogP contribution in [0, 0.1) is 0 Å². The van der Waals surface area contributed by atoms with Gasteiger partial charge in [-0.05, 0) is 59.7 Å². The molecule has 9 heteroatoms. The topological polar surface area (TPSA) is 107 Å². The molecule has 1 amide bonds. The van der Waals surface area contributed by atoms with Crippen LogP contribution in [0.2, 0.25) is 0 Å². The minimum absolute atomic E-state index is 0.00371. The summed E-state index contributed by atoms with van der Waals surface area (Å²) in [6.45, 7) is 3.79. The molecule has 1 fully saturated rings. The Labute approximate surface area is 225 Å². The number of aromatic amines is 1. The molecular weight excluding hydrogens is 492 g/mol. The molecule has 0 spiro atoms. The van der Waals surface area contributed by atoms with Crippen LogP contribution in [0.25, 0.3) is 33.5 Å². The lowest BCUT2D eigenvalue weighted by Gasteiger charge is -2.34. The van der Waals surface area contributed by atoms with E-state index in [0.29, 0.717) is 41.4 Å². The largest absolute Gasteiger partial charge is 0.507 e. The third kappa shape index (κ3) is 5.04. The van der Waals surface area contributed by atoms with Gasteiger partial charge in [0.15, 0.2) is 0 Å². The van der Waals surface area contributed by atoms with E-state index in [4.69, 9.17) is 9.72 Å². The molecular formula is C30H28N6O3. The molecule has 196 valence electrons. The number of methoxy groups -OCH3 is 1. The number of rotatable bonds is 6. The highest BCUT2D eigenvalue weighted by atomic mass is 16.5. The quantitative estimate of drug-likeness (QED) is 0.343. The molecule has 39 heavy (non-hydrogen) atoms. The summed E-state index contributed by atoms with van der Waals surface area (Å²) in [6, 6.07) is 18.6. The fourth-order valence-corrected chi connectivity index (χ4v) is 4.97. The van der Waals surface area contributed by atoms with Crippen LogP contribution < -0.4 is 4.74 Å². The fourth-order valence-electron chi connectivity index (χ4n) is 4.97. The van der Waals surface area contributed by atoms with Crippen LogP contribution in [0.1, 0.15) is 15.9 Å². The Morgan fingerprint density at radius 2 is 1.85 bits per heavy atom. The smallest absolute Gasteiger partial charge is 0.254 e. The van der Waals surface area contributed by atoms with Gasteiger partial charge in [0.25, 0.3) is 5.91 Å². The Morgan fingerprint density at radius 1 is 1.00 bits per heavy atom. The lowest BCUT2D eigenvalue weighted by atomic mass is 10.0. The number of imidazole rings is 1. The van der Waals surface area contributed by atoms with E-state index in [1.54, 1.807) is 25.6 Å². The number of carbonyl (C=O) groups excluding carboxylic acids is 1. The van der Waals surface area contributed by atoms with Gasteiger partial charge in [0.1, 0.15) is 11.6 Å². The van der Waals surface area contributed by atoms with Gasteiger partial charge in [-0.2, -0.15) is 0 Å². The second-order valence-electron chi connectivity index (χ2n) is 9.54. The SMILES string of the molecule is COc1ncccc1-c1ccc(O)c(-c2nc3cc(C(=O)N4CCN(Cc5cccnc5)CC4)ccc3[nH]2)c1. The van der Waals surface area contributed by atoms with Crippen molar-refractivity contribution in [2.24, 2.45) is 0 Å². The van der Waals surface area contributed by atoms with Gasteiger partial charge in [0, 0.05) is 62.4 Å². The molecule has 0 unspecified atom stereocenters. The van der Waals surface area contributed by atoms with Crippen LogP contribution in [0.15, 0.2) is 79.3 Å². The molecule has 1 saturated heterocycles. The van der Waals surface area contributed by atoms with Gasteiger partial charge in [-0.15, -0.1) is 0 Å². The monoisotopic (exact) mass is 520 g/mol. The van der Waals surface area contributed by atoms with Crippen LogP contribution in [0.5, 0.6) is 11.6 Å². The highest BCUT2D eigenvalue weighted by Crippen LogP contribution is 2.35. The second kappa shape index (κ2) is 10.5. The molecule has 1 aliphatic rings. The Bertz CT molecular complexity index is 1630. The number of aromatic hydroxyl groups is 1. The molecule has 1 aliphatic heterocycles.